The van der Waals surface area contributed by atoms with Gasteiger partial charge in [0.15, 0.2) is 5.58 Å². The second-order valence-electron chi connectivity index (χ2n) is 8.16. The Morgan fingerprint density at radius 3 is 2.75 bits per heavy atom. The van der Waals surface area contributed by atoms with Crippen molar-refractivity contribution in [3.63, 3.8) is 0 Å². The van der Waals surface area contributed by atoms with Crippen LogP contribution in [0.25, 0.3) is 11.0 Å². The molecule has 0 spiro atoms. The molecule has 0 bridgehead atoms. The van der Waals surface area contributed by atoms with E-state index in [2.05, 4.69) is 34.0 Å². The normalized spacial score (nSPS) is 28.8. The number of nitrogens with one attached hydrogen (secondary N) is 2. The van der Waals surface area contributed by atoms with Gasteiger partial charge in [0.25, 0.3) is 0 Å². The van der Waals surface area contributed by atoms with Crippen LogP contribution in [0.1, 0.15) is 43.9 Å². The van der Waals surface area contributed by atoms with Gasteiger partial charge in [-0.3, -0.25) is 4.79 Å². The molecule has 2 saturated carbocycles. The largest absolute Gasteiger partial charge is 0.356 e. The molecule has 1 saturated heterocycles. The highest BCUT2D eigenvalue weighted by Crippen LogP contribution is 2.49. The molecule has 3 fully saturated rings. The van der Waals surface area contributed by atoms with Crippen LogP contribution in [0.5, 0.6) is 0 Å². The Kier molecular flexibility index (Phi) is 2.90. The molecular formula is C19H23N3O2. The lowest BCUT2D eigenvalue weighted by molar-refractivity contribution is -0.124. The molecule has 5 heteroatoms. The third-order valence-corrected chi connectivity index (χ3v) is 5.97. The van der Waals surface area contributed by atoms with Crippen molar-refractivity contribution in [3.05, 3.63) is 29.5 Å². The van der Waals surface area contributed by atoms with Gasteiger partial charge in [-0.15, -0.1) is 0 Å². The predicted molar refractivity (Wildman–Crippen MR) is 90.5 cm³/mol. The number of hydrogen-bond acceptors (Lipinski definition) is 4. The fourth-order valence-corrected chi connectivity index (χ4v) is 4.41. The van der Waals surface area contributed by atoms with Crippen LogP contribution in [-0.4, -0.2) is 24.2 Å². The van der Waals surface area contributed by atoms with Crippen LogP contribution >= 0.6 is 0 Å². The van der Waals surface area contributed by atoms with Gasteiger partial charge in [-0.05, 0) is 63.6 Å². The first kappa shape index (κ1) is 14.5. The van der Waals surface area contributed by atoms with Gasteiger partial charge in [0, 0.05) is 16.9 Å². The summed E-state index contributed by atoms with van der Waals surface area (Å²) in [6, 6.07) is 6.27. The Labute approximate surface area is 141 Å². The van der Waals surface area contributed by atoms with Crippen molar-refractivity contribution in [2.75, 3.05) is 13.1 Å². The van der Waals surface area contributed by atoms with Crippen molar-refractivity contribution in [1.29, 1.82) is 0 Å². The highest BCUT2D eigenvalue weighted by atomic mass is 16.5. The lowest BCUT2D eigenvalue weighted by Gasteiger charge is -2.24. The summed E-state index contributed by atoms with van der Waals surface area (Å²) in [6.07, 6.45) is 2.46. The SMILES string of the molecule is CC(C)(NC(=O)C1C2CNCC21)c1noc2c(C3CC3)cccc12. The molecule has 2 N–H and O–H groups in total. The average molecular weight is 325 g/mol. The molecule has 2 atom stereocenters. The van der Waals surface area contributed by atoms with Crippen LogP contribution < -0.4 is 10.6 Å². The summed E-state index contributed by atoms with van der Waals surface area (Å²) in [5, 5.41) is 11.9. The van der Waals surface area contributed by atoms with Gasteiger partial charge in [0.1, 0.15) is 5.69 Å². The summed E-state index contributed by atoms with van der Waals surface area (Å²) in [5.74, 6) is 2.00. The van der Waals surface area contributed by atoms with Gasteiger partial charge in [0.2, 0.25) is 5.91 Å². The van der Waals surface area contributed by atoms with Gasteiger partial charge in [0.05, 0.1) is 5.54 Å². The van der Waals surface area contributed by atoms with Crippen LogP contribution in [0, 0.1) is 17.8 Å². The lowest BCUT2D eigenvalue weighted by Crippen LogP contribution is -2.43. The van der Waals surface area contributed by atoms with Crippen LogP contribution in [0.3, 0.4) is 0 Å². The zero-order chi connectivity index (χ0) is 16.5. The van der Waals surface area contributed by atoms with E-state index >= 15 is 0 Å². The van der Waals surface area contributed by atoms with Crippen LogP contribution in [0.4, 0.5) is 0 Å². The van der Waals surface area contributed by atoms with Crippen molar-refractivity contribution in [2.24, 2.45) is 17.8 Å². The van der Waals surface area contributed by atoms with Gasteiger partial charge in [-0.2, -0.15) is 0 Å². The molecule has 2 aliphatic carbocycles. The minimum atomic E-state index is -0.533. The number of rotatable bonds is 4. The van der Waals surface area contributed by atoms with Gasteiger partial charge >= 0.3 is 0 Å². The molecule has 1 amide bonds. The van der Waals surface area contributed by atoms with E-state index in [1.54, 1.807) is 0 Å². The second-order valence-corrected chi connectivity index (χ2v) is 8.16. The zero-order valence-corrected chi connectivity index (χ0v) is 14.1. The molecule has 1 aromatic carbocycles. The summed E-state index contributed by atoms with van der Waals surface area (Å²) in [6.45, 7) is 5.98. The number of nitrogens with zero attached hydrogens (tertiary/aromatic N) is 1. The number of carbonyl (C=O) groups is 1. The monoisotopic (exact) mass is 325 g/mol. The Morgan fingerprint density at radius 1 is 1.29 bits per heavy atom. The molecular weight excluding hydrogens is 302 g/mol. The number of piperidine rings is 1. The highest BCUT2D eigenvalue weighted by Gasteiger charge is 2.57. The van der Waals surface area contributed by atoms with E-state index in [0.29, 0.717) is 17.8 Å². The standard InChI is InChI=1S/C19H23N3O2/c1-19(2,21-18(23)15-13-8-20-9-14(13)15)17-12-5-3-4-11(10-6-7-10)16(12)24-22-17/h3-5,10,13-15,20H,6-9H2,1-2H3,(H,21,23). The van der Waals surface area contributed by atoms with Gasteiger partial charge < -0.3 is 15.2 Å². The minimum Gasteiger partial charge on any atom is -0.356 e. The molecule has 126 valence electrons. The molecule has 1 aromatic heterocycles. The third kappa shape index (κ3) is 2.10. The summed E-state index contributed by atoms with van der Waals surface area (Å²) in [4.78, 5) is 12.7. The number of para-hydroxylation sites is 1. The maximum atomic E-state index is 12.7. The second kappa shape index (κ2) is 4.82. The van der Waals surface area contributed by atoms with E-state index < -0.39 is 5.54 Å². The Hall–Kier alpha value is -1.88. The number of fused-ring (bicyclic) bond motifs is 2. The van der Waals surface area contributed by atoms with Crippen molar-refractivity contribution in [1.82, 2.24) is 15.8 Å². The summed E-state index contributed by atoms with van der Waals surface area (Å²) >= 11 is 0. The Morgan fingerprint density at radius 2 is 2.04 bits per heavy atom. The van der Waals surface area contributed by atoms with Crippen molar-refractivity contribution in [2.45, 2.75) is 38.1 Å². The Bertz CT molecular complexity index is 811. The van der Waals surface area contributed by atoms with E-state index in [-0.39, 0.29) is 11.8 Å². The summed E-state index contributed by atoms with van der Waals surface area (Å²) < 4.78 is 5.69. The fourth-order valence-electron chi connectivity index (χ4n) is 4.41. The van der Waals surface area contributed by atoms with E-state index in [1.807, 2.05) is 13.8 Å². The van der Waals surface area contributed by atoms with E-state index in [1.165, 1.54) is 18.4 Å². The molecule has 24 heavy (non-hydrogen) atoms. The first-order valence-electron chi connectivity index (χ1n) is 8.98. The first-order valence-corrected chi connectivity index (χ1v) is 8.98. The van der Waals surface area contributed by atoms with Crippen LogP contribution in [-0.2, 0) is 10.3 Å². The molecule has 5 rings (SSSR count). The lowest BCUT2D eigenvalue weighted by atomic mass is 9.95. The first-order chi connectivity index (χ1) is 11.6. The average Bonchev–Trinajstić information content (AvgIpc) is 3.41. The zero-order valence-electron chi connectivity index (χ0n) is 14.1. The molecule has 3 aliphatic rings. The summed E-state index contributed by atoms with van der Waals surface area (Å²) in [7, 11) is 0. The van der Waals surface area contributed by atoms with Crippen LogP contribution in [0.2, 0.25) is 0 Å². The van der Waals surface area contributed by atoms with E-state index in [4.69, 9.17) is 4.52 Å². The van der Waals surface area contributed by atoms with Crippen LogP contribution in [0.15, 0.2) is 22.7 Å². The van der Waals surface area contributed by atoms with Gasteiger partial charge in [-0.1, -0.05) is 17.3 Å². The maximum absolute atomic E-state index is 12.7. The third-order valence-electron chi connectivity index (χ3n) is 5.97. The molecule has 2 unspecified atom stereocenters. The number of aromatic nitrogens is 1. The fraction of sp³-hybridized carbons (Fsp3) is 0.579. The smallest absolute Gasteiger partial charge is 0.224 e. The quantitative estimate of drug-likeness (QED) is 0.906. The topological polar surface area (TPSA) is 67.2 Å². The molecule has 0 radical (unpaired) electrons. The predicted octanol–water partition coefficient (Wildman–Crippen LogP) is 2.52. The summed E-state index contributed by atoms with van der Waals surface area (Å²) in [5.41, 5.74) is 2.45. The van der Waals surface area contributed by atoms with E-state index in [0.717, 1.165) is 29.8 Å². The van der Waals surface area contributed by atoms with Crippen molar-refractivity contribution in [3.8, 4) is 0 Å². The number of benzene rings is 1. The molecule has 1 aliphatic heterocycles. The maximum Gasteiger partial charge on any atom is 0.224 e. The Balaban J connectivity index is 1.43. The minimum absolute atomic E-state index is 0.158. The molecule has 2 aromatic rings. The highest BCUT2D eigenvalue weighted by molar-refractivity contribution is 5.87. The van der Waals surface area contributed by atoms with Gasteiger partial charge in [-0.25, -0.2) is 0 Å². The number of hydrogen-bond donors (Lipinski definition) is 2. The van der Waals surface area contributed by atoms with Crippen molar-refractivity contribution >= 4 is 16.9 Å². The molecule has 2 heterocycles. The van der Waals surface area contributed by atoms with Crippen molar-refractivity contribution < 1.29 is 9.32 Å². The number of carbonyl (C=O) groups excluding carboxylic acids is 1. The molecule has 5 nitrogen and oxygen atoms in total. The number of amides is 1. The van der Waals surface area contributed by atoms with E-state index in [9.17, 15) is 4.79 Å².